The summed E-state index contributed by atoms with van der Waals surface area (Å²) in [4.78, 5) is 0. The van der Waals surface area contributed by atoms with Crippen LogP contribution in [0.25, 0.3) is 10.6 Å². The number of aromatic hydroxyl groups is 1. The first-order valence-corrected chi connectivity index (χ1v) is 8.90. The highest BCUT2D eigenvalue weighted by Gasteiger charge is 2.27. The molecule has 1 heterocycles. The molecule has 1 aromatic heterocycles. The minimum atomic E-state index is -0.190. The number of nitrogens with zero attached hydrogens (tertiary/aromatic N) is 2. The van der Waals surface area contributed by atoms with Crippen LogP contribution in [-0.4, -0.2) is 20.4 Å². The largest absolute Gasteiger partial charge is 0.507 e. The Bertz CT molecular complexity index is 735. The fourth-order valence-electron chi connectivity index (χ4n) is 2.40. The lowest BCUT2D eigenvalue weighted by molar-refractivity contribution is 0.423. The van der Waals surface area contributed by atoms with Crippen molar-refractivity contribution in [3.63, 3.8) is 0 Å². The molecule has 4 N–H and O–H groups in total. The molecule has 0 aliphatic carbocycles. The van der Waals surface area contributed by atoms with Crippen molar-refractivity contribution < 1.29 is 5.11 Å². The topological polar surface area (TPSA) is 84.1 Å². The van der Waals surface area contributed by atoms with Gasteiger partial charge in [-0.1, -0.05) is 52.9 Å². The Morgan fingerprint density at radius 3 is 2.00 bits per heavy atom. The molecule has 5 nitrogen and oxygen atoms in total. The minimum absolute atomic E-state index is 0.161. The summed E-state index contributed by atoms with van der Waals surface area (Å²) in [5.74, 6) is 0.352. The van der Waals surface area contributed by atoms with Crippen LogP contribution in [0.4, 0.5) is 5.13 Å². The summed E-state index contributed by atoms with van der Waals surface area (Å²) in [7, 11) is 0. The molecule has 0 saturated carbocycles. The predicted octanol–water partition coefficient (Wildman–Crippen LogP) is 4.16. The second-order valence-electron chi connectivity index (χ2n) is 7.82. The van der Waals surface area contributed by atoms with Gasteiger partial charge in [0.2, 0.25) is 5.13 Å². The predicted molar refractivity (Wildman–Crippen MR) is 105 cm³/mol. The molecule has 0 aliphatic rings. The summed E-state index contributed by atoms with van der Waals surface area (Å²) in [6.07, 6.45) is 0. The van der Waals surface area contributed by atoms with E-state index in [9.17, 15) is 5.11 Å². The molecule has 0 amide bonds. The lowest BCUT2D eigenvalue weighted by Gasteiger charge is -2.27. The van der Waals surface area contributed by atoms with Gasteiger partial charge in [0.05, 0.1) is 0 Å². The van der Waals surface area contributed by atoms with Crippen molar-refractivity contribution >= 4 is 33.8 Å². The molecule has 24 heavy (non-hydrogen) atoms. The Labute approximate surface area is 152 Å². The van der Waals surface area contributed by atoms with Gasteiger partial charge in [-0.25, -0.2) is 0 Å². The molecule has 2 rings (SSSR count). The van der Waals surface area contributed by atoms with Gasteiger partial charge >= 0.3 is 0 Å². The zero-order chi connectivity index (χ0) is 18.3. The van der Waals surface area contributed by atoms with Crippen LogP contribution >= 0.6 is 23.6 Å². The summed E-state index contributed by atoms with van der Waals surface area (Å²) in [5, 5.41) is 23.3. The average Bonchev–Trinajstić information content (AvgIpc) is 2.83. The molecule has 2 aromatic rings. The third-order valence-corrected chi connectivity index (χ3v) is 4.62. The van der Waals surface area contributed by atoms with E-state index >= 15 is 0 Å². The molecule has 0 spiro atoms. The number of phenols is 1. The van der Waals surface area contributed by atoms with Crippen molar-refractivity contribution in [3.05, 3.63) is 23.3 Å². The van der Waals surface area contributed by atoms with Gasteiger partial charge in [0.25, 0.3) is 0 Å². The first-order chi connectivity index (χ1) is 10.9. The van der Waals surface area contributed by atoms with Gasteiger partial charge in [-0.2, -0.15) is 0 Å². The first kappa shape index (κ1) is 18.6. The number of benzene rings is 1. The van der Waals surface area contributed by atoms with E-state index in [4.69, 9.17) is 18.0 Å². The summed E-state index contributed by atoms with van der Waals surface area (Å²) in [6, 6.07) is 3.96. The van der Waals surface area contributed by atoms with Gasteiger partial charge in [-0.3, -0.25) is 0 Å². The number of hydrogen-bond donors (Lipinski definition) is 3. The van der Waals surface area contributed by atoms with Crippen LogP contribution in [0.2, 0.25) is 0 Å². The second-order valence-corrected chi connectivity index (χ2v) is 9.24. The minimum Gasteiger partial charge on any atom is -0.507 e. The average molecular weight is 365 g/mol. The number of nitrogens with two attached hydrogens (primary N) is 1. The van der Waals surface area contributed by atoms with Crippen LogP contribution in [-0.2, 0) is 10.8 Å². The Morgan fingerprint density at radius 1 is 1.08 bits per heavy atom. The molecular weight excluding hydrogens is 340 g/mol. The van der Waals surface area contributed by atoms with Crippen molar-refractivity contribution in [2.45, 2.75) is 52.4 Å². The smallest absolute Gasteiger partial charge is 0.212 e. The molecule has 0 fully saturated rings. The number of nitrogens with one attached hydrogen (secondary N) is 1. The van der Waals surface area contributed by atoms with Gasteiger partial charge in [0.1, 0.15) is 10.8 Å². The fourth-order valence-corrected chi connectivity index (χ4v) is 3.30. The quantitative estimate of drug-likeness (QED) is 0.694. The normalized spacial score (nSPS) is 12.2. The second kappa shape index (κ2) is 6.29. The Kier molecular flexibility index (Phi) is 4.88. The van der Waals surface area contributed by atoms with Crippen LogP contribution in [0, 0.1) is 0 Å². The Balaban J connectivity index is 2.62. The van der Waals surface area contributed by atoms with E-state index < -0.39 is 0 Å². The van der Waals surface area contributed by atoms with Gasteiger partial charge < -0.3 is 16.2 Å². The lowest BCUT2D eigenvalue weighted by Crippen LogP contribution is -2.18. The molecular formula is C17H24N4OS2. The van der Waals surface area contributed by atoms with Crippen LogP contribution in [0.1, 0.15) is 52.7 Å². The van der Waals surface area contributed by atoms with Crippen molar-refractivity contribution in [1.82, 2.24) is 10.2 Å². The number of anilines is 1. The standard InChI is InChI=1S/C17H24N4OS2/c1-16(2,3)10-7-9(8-11(12(10)22)17(4,5)6)13-20-21-15(24-13)19-14(18)23/h7-8,22H,1-6H3,(H3,18,19,21,23). The van der Waals surface area contributed by atoms with E-state index in [1.165, 1.54) is 11.3 Å². The van der Waals surface area contributed by atoms with E-state index in [0.717, 1.165) is 21.7 Å². The molecule has 0 unspecified atom stereocenters. The maximum atomic E-state index is 10.8. The van der Waals surface area contributed by atoms with E-state index in [1.807, 2.05) is 12.1 Å². The summed E-state index contributed by atoms with van der Waals surface area (Å²) in [6.45, 7) is 12.5. The molecule has 0 radical (unpaired) electrons. The maximum Gasteiger partial charge on any atom is 0.212 e. The van der Waals surface area contributed by atoms with Crippen molar-refractivity contribution in [3.8, 4) is 16.3 Å². The van der Waals surface area contributed by atoms with Crippen molar-refractivity contribution in [2.75, 3.05) is 5.32 Å². The third kappa shape index (κ3) is 4.02. The third-order valence-electron chi connectivity index (χ3n) is 3.63. The first-order valence-electron chi connectivity index (χ1n) is 7.68. The number of rotatable bonds is 2. The van der Waals surface area contributed by atoms with Crippen LogP contribution < -0.4 is 11.1 Å². The molecule has 130 valence electrons. The summed E-state index contributed by atoms with van der Waals surface area (Å²) in [5.41, 5.74) is 7.81. The zero-order valence-corrected chi connectivity index (χ0v) is 16.5. The van der Waals surface area contributed by atoms with Gasteiger partial charge in [0, 0.05) is 16.7 Å². The molecule has 0 saturated heterocycles. The SMILES string of the molecule is CC(C)(C)c1cc(-c2nnc(NC(N)=S)s2)cc(C(C)(C)C)c1O. The van der Waals surface area contributed by atoms with E-state index in [-0.39, 0.29) is 15.9 Å². The van der Waals surface area contributed by atoms with Crippen molar-refractivity contribution in [1.29, 1.82) is 0 Å². The van der Waals surface area contributed by atoms with E-state index in [1.54, 1.807) is 0 Å². The number of phenolic OH excluding ortho intramolecular Hbond substituents is 1. The highest BCUT2D eigenvalue weighted by Crippen LogP contribution is 2.42. The monoisotopic (exact) mass is 364 g/mol. The van der Waals surface area contributed by atoms with Gasteiger partial charge in [0.15, 0.2) is 5.11 Å². The van der Waals surface area contributed by atoms with Crippen molar-refractivity contribution in [2.24, 2.45) is 5.73 Å². The number of thiocarbonyl (C=S) groups is 1. The van der Waals surface area contributed by atoms with E-state index in [2.05, 4.69) is 57.1 Å². The summed E-state index contributed by atoms with van der Waals surface area (Å²) >= 11 is 6.21. The number of aromatic nitrogens is 2. The van der Waals surface area contributed by atoms with Crippen LogP contribution in [0.3, 0.4) is 0 Å². The van der Waals surface area contributed by atoms with Gasteiger partial charge in [-0.05, 0) is 35.2 Å². The lowest BCUT2D eigenvalue weighted by atomic mass is 9.78. The zero-order valence-electron chi connectivity index (χ0n) is 14.9. The molecule has 1 aromatic carbocycles. The van der Waals surface area contributed by atoms with E-state index in [0.29, 0.717) is 10.9 Å². The molecule has 7 heteroatoms. The number of hydrogen-bond acceptors (Lipinski definition) is 5. The summed E-state index contributed by atoms with van der Waals surface area (Å²) < 4.78 is 0. The Morgan fingerprint density at radius 2 is 1.58 bits per heavy atom. The van der Waals surface area contributed by atoms with Gasteiger partial charge in [-0.15, -0.1) is 10.2 Å². The molecule has 0 bridgehead atoms. The Hall–Kier alpha value is -1.73. The molecule has 0 aliphatic heterocycles. The fraction of sp³-hybridized carbons (Fsp3) is 0.471. The maximum absolute atomic E-state index is 10.8. The highest BCUT2D eigenvalue weighted by molar-refractivity contribution is 7.80. The highest BCUT2D eigenvalue weighted by atomic mass is 32.1. The molecule has 0 atom stereocenters. The van der Waals surface area contributed by atoms with Crippen LogP contribution in [0.15, 0.2) is 12.1 Å². The van der Waals surface area contributed by atoms with Crippen LogP contribution in [0.5, 0.6) is 5.75 Å².